The Morgan fingerprint density at radius 1 is 0.960 bits per heavy atom. The molecule has 3 nitrogen and oxygen atoms in total. The van der Waals surface area contributed by atoms with Gasteiger partial charge in [-0.1, -0.05) is 88.3 Å². The van der Waals surface area contributed by atoms with Crippen LogP contribution in [0, 0.1) is 11.8 Å². The van der Waals surface area contributed by atoms with Gasteiger partial charge < -0.3 is 9.79 Å². The van der Waals surface area contributed by atoms with E-state index < -0.39 is 7.60 Å². The van der Waals surface area contributed by atoms with Gasteiger partial charge >= 0.3 is 7.60 Å². The van der Waals surface area contributed by atoms with Crippen LogP contribution in [0.15, 0.2) is 30.1 Å². The van der Waals surface area contributed by atoms with Crippen LogP contribution in [0.25, 0.3) is 6.08 Å². The lowest BCUT2D eigenvalue weighted by atomic mass is 10.1. The number of benzene rings is 1. The molecule has 2 N–H and O–H groups in total. The Morgan fingerprint density at radius 3 is 2.20 bits per heavy atom. The van der Waals surface area contributed by atoms with Gasteiger partial charge in [-0.2, -0.15) is 0 Å². The quantitative estimate of drug-likeness (QED) is 0.284. The molecule has 0 unspecified atom stereocenters. The fraction of sp³-hybridized carbons (Fsp3) is 0.524. The summed E-state index contributed by atoms with van der Waals surface area (Å²) in [6, 6.07) is 7.42. The third-order valence-corrected chi connectivity index (χ3v) is 4.57. The van der Waals surface area contributed by atoms with Gasteiger partial charge in [-0.3, -0.25) is 4.57 Å². The molecular weight excluding hydrogens is 331 g/mol. The zero-order chi connectivity index (χ0) is 18.4. The summed E-state index contributed by atoms with van der Waals surface area (Å²) in [5.41, 5.74) is 1.55. The fourth-order valence-corrected chi connectivity index (χ4v) is 2.97. The molecule has 0 saturated carbocycles. The monoisotopic (exact) mass is 362 g/mol. The Labute approximate surface area is 152 Å². The summed E-state index contributed by atoms with van der Waals surface area (Å²) in [4.78, 5) is 17.9. The Kier molecular flexibility index (Phi) is 11.2. The topological polar surface area (TPSA) is 57.5 Å². The predicted molar refractivity (Wildman–Crippen MR) is 106 cm³/mol. The summed E-state index contributed by atoms with van der Waals surface area (Å²) in [5, 5.41) is 0. The first-order chi connectivity index (χ1) is 12.0. The highest BCUT2D eigenvalue weighted by molar-refractivity contribution is 7.55. The molecule has 1 aromatic rings. The molecule has 0 aromatic heterocycles. The second-order valence-electron chi connectivity index (χ2n) is 6.37. The maximum atomic E-state index is 10.9. The van der Waals surface area contributed by atoms with Crippen molar-refractivity contribution in [1.82, 2.24) is 0 Å². The average molecular weight is 362 g/mol. The zero-order valence-electron chi connectivity index (χ0n) is 15.3. The van der Waals surface area contributed by atoms with E-state index in [1.807, 2.05) is 24.3 Å². The van der Waals surface area contributed by atoms with Gasteiger partial charge in [-0.05, 0) is 24.1 Å². The van der Waals surface area contributed by atoms with Crippen molar-refractivity contribution in [1.29, 1.82) is 0 Å². The van der Waals surface area contributed by atoms with E-state index in [0.29, 0.717) is 0 Å². The van der Waals surface area contributed by atoms with Crippen LogP contribution in [0.1, 0.15) is 82.3 Å². The van der Waals surface area contributed by atoms with Crippen LogP contribution in [0.4, 0.5) is 0 Å². The minimum absolute atomic E-state index is 0.741. The molecule has 0 amide bonds. The van der Waals surface area contributed by atoms with E-state index in [4.69, 9.17) is 9.79 Å². The third kappa shape index (κ3) is 11.8. The summed E-state index contributed by atoms with van der Waals surface area (Å²) in [6.45, 7) is 2.24. The normalized spacial score (nSPS) is 11.5. The van der Waals surface area contributed by atoms with E-state index >= 15 is 0 Å². The average Bonchev–Trinajstić information content (AvgIpc) is 2.58. The molecule has 25 heavy (non-hydrogen) atoms. The lowest BCUT2D eigenvalue weighted by molar-refractivity contribution is 0.386. The van der Waals surface area contributed by atoms with Crippen LogP contribution < -0.4 is 0 Å². The van der Waals surface area contributed by atoms with Crippen LogP contribution in [0.3, 0.4) is 0 Å². The van der Waals surface area contributed by atoms with Crippen molar-refractivity contribution in [3.63, 3.8) is 0 Å². The Morgan fingerprint density at radius 2 is 1.56 bits per heavy atom. The molecule has 4 heteroatoms. The van der Waals surface area contributed by atoms with Crippen LogP contribution in [0.2, 0.25) is 0 Å². The van der Waals surface area contributed by atoms with Crippen LogP contribution in [0.5, 0.6) is 0 Å². The molecule has 0 aliphatic carbocycles. The van der Waals surface area contributed by atoms with Gasteiger partial charge in [0.1, 0.15) is 0 Å². The summed E-state index contributed by atoms with van der Waals surface area (Å²) in [5.74, 6) is 7.23. The fourth-order valence-electron chi connectivity index (χ4n) is 2.62. The van der Waals surface area contributed by atoms with Crippen molar-refractivity contribution in [3.05, 3.63) is 41.2 Å². The van der Waals surface area contributed by atoms with Crippen molar-refractivity contribution >= 4 is 13.7 Å². The van der Waals surface area contributed by atoms with E-state index in [1.165, 1.54) is 57.4 Å². The van der Waals surface area contributed by atoms with Gasteiger partial charge in [0.05, 0.1) is 0 Å². The van der Waals surface area contributed by atoms with E-state index in [0.717, 1.165) is 29.8 Å². The molecule has 0 atom stereocenters. The highest BCUT2D eigenvalue weighted by Crippen LogP contribution is 2.37. The van der Waals surface area contributed by atoms with Crippen molar-refractivity contribution in [3.8, 4) is 11.8 Å². The van der Waals surface area contributed by atoms with E-state index in [-0.39, 0.29) is 0 Å². The Bertz CT molecular complexity index is 620. The van der Waals surface area contributed by atoms with Gasteiger partial charge in [0.2, 0.25) is 0 Å². The highest BCUT2D eigenvalue weighted by Gasteiger charge is 2.06. The first kappa shape index (κ1) is 21.7. The van der Waals surface area contributed by atoms with E-state index in [9.17, 15) is 4.57 Å². The third-order valence-electron chi connectivity index (χ3n) is 4.04. The smallest absolute Gasteiger partial charge is 0.321 e. The van der Waals surface area contributed by atoms with Crippen molar-refractivity contribution < 1.29 is 14.4 Å². The molecule has 138 valence electrons. The lowest BCUT2D eigenvalue weighted by Gasteiger charge is -2.00. The van der Waals surface area contributed by atoms with Crippen LogP contribution in [-0.4, -0.2) is 9.79 Å². The molecule has 0 spiro atoms. The summed E-state index contributed by atoms with van der Waals surface area (Å²) < 4.78 is 10.9. The van der Waals surface area contributed by atoms with Gasteiger partial charge in [0.15, 0.2) is 0 Å². The first-order valence-corrected chi connectivity index (χ1v) is 11.0. The molecule has 1 rings (SSSR count). The molecule has 0 bridgehead atoms. The molecule has 0 saturated heterocycles. The van der Waals surface area contributed by atoms with Crippen molar-refractivity contribution in [2.45, 2.75) is 71.1 Å². The Hall–Kier alpha value is -1.33. The summed E-state index contributed by atoms with van der Waals surface area (Å²) in [7, 11) is -4.14. The summed E-state index contributed by atoms with van der Waals surface area (Å²) in [6.07, 6.45) is 14.0. The molecule has 0 aliphatic rings. The van der Waals surface area contributed by atoms with Gasteiger partial charge in [0, 0.05) is 17.8 Å². The number of hydrogen-bond acceptors (Lipinski definition) is 1. The highest BCUT2D eigenvalue weighted by atomic mass is 31.2. The van der Waals surface area contributed by atoms with E-state index in [1.54, 1.807) is 0 Å². The zero-order valence-corrected chi connectivity index (χ0v) is 16.2. The largest absolute Gasteiger partial charge is 0.349 e. The van der Waals surface area contributed by atoms with Crippen molar-refractivity contribution in [2.24, 2.45) is 0 Å². The maximum Gasteiger partial charge on any atom is 0.349 e. The maximum absolute atomic E-state index is 10.9. The standard InChI is InChI=1S/C21H31O3P/c1-2-3-4-5-6-7-8-9-10-11-12-15-20-16-13-14-17-21(20)18-19-25(22,23)24/h13-14,16-19H,2-11H2,1H3,(H2,22,23,24)/b19-18+. The minimum atomic E-state index is -4.14. The molecule has 0 fully saturated rings. The minimum Gasteiger partial charge on any atom is -0.321 e. The van der Waals surface area contributed by atoms with E-state index in [2.05, 4.69) is 18.8 Å². The molecule has 0 radical (unpaired) electrons. The van der Waals surface area contributed by atoms with Gasteiger partial charge in [-0.15, -0.1) is 0 Å². The number of unbranched alkanes of at least 4 members (excludes halogenated alkanes) is 9. The van der Waals surface area contributed by atoms with Crippen molar-refractivity contribution in [2.75, 3.05) is 0 Å². The molecular formula is C21H31O3P. The molecule has 0 aliphatic heterocycles. The molecule has 0 heterocycles. The first-order valence-electron chi connectivity index (χ1n) is 9.35. The van der Waals surface area contributed by atoms with Crippen LogP contribution in [-0.2, 0) is 4.57 Å². The van der Waals surface area contributed by atoms with Gasteiger partial charge in [0.25, 0.3) is 0 Å². The Balaban J connectivity index is 2.30. The van der Waals surface area contributed by atoms with Gasteiger partial charge in [-0.25, -0.2) is 0 Å². The lowest BCUT2D eigenvalue weighted by Crippen LogP contribution is -1.82. The predicted octanol–water partition coefficient (Wildman–Crippen LogP) is 6.11. The number of hydrogen-bond donors (Lipinski definition) is 2. The second-order valence-corrected chi connectivity index (χ2v) is 7.85. The second kappa shape index (κ2) is 13.0. The van der Waals surface area contributed by atoms with Crippen LogP contribution >= 0.6 is 7.60 Å². The SMILES string of the molecule is CCCCCCCCCCCC#Cc1ccccc1/C=C/P(=O)(O)O. The summed E-state index contributed by atoms with van der Waals surface area (Å²) >= 11 is 0. The number of rotatable bonds is 11. The molecule has 1 aromatic carbocycles.